The maximum absolute atomic E-state index is 12.8. The number of carbonyl (C=O) groups excluding carboxylic acids is 2. The monoisotopic (exact) mass is 454 g/mol. The van der Waals surface area contributed by atoms with Gasteiger partial charge in [-0.3, -0.25) is 4.79 Å². The molecule has 1 fully saturated rings. The number of nitrogens with zero attached hydrogens (tertiary/aromatic N) is 1. The molecule has 7 nitrogen and oxygen atoms in total. The lowest BCUT2D eigenvalue weighted by Gasteiger charge is -2.17. The molecule has 0 aromatic heterocycles. The molecule has 1 aliphatic carbocycles. The lowest BCUT2D eigenvalue weighted by Crippen LogP contribution is -2.30. The minimum atomic E-state index is -3.77. The van der Waals surface area contributed by atoms with Gasteiger partial charge >= 0.3 is 5.97 Å². The third kappa shape index (κ3) is 5.83. The molecule has 0 atom stereocenters. The van der Waals surface area contributed by atoms with Crippen molar-refractivity contribution in [2.24, 2.45) is 0 Å². The van der Waals surface area contributed by atoms with Crippen LogP contribution < -0.4 is 5.32 Å². The maximum atomic E-state index is 12.8. The predicted octanol–water partition coefficient (Wildman–Crippen LogP) is 3.29. The van der Waals surface area contributed by atoms with E-state index in [9.17, 15) is 18.0 Å². The van der Waals surface area contributed by atoms with Gasteiger partial charge in [-0.05, 0) is 63.1 Å². The van der Waals surface area contributed by atoms with Crippen LogP contribution in [0.4, 0.5) is 0 Å². The molecule has 0 saturated carbocycles. The molecule has 0 spiro atoms. The second-order valence-corrected chi connectivity index (χ2v) is 9.85. The minimum absolute atomic E-state index is 0.0392. The number of sulfonamides is 1. The Balaban J connectivity index is 1.53. The molecule has 164 valence electrons. The van der Waals surface area contributed by atoms with Crippen molar-refractivity contribution in [1.82, 2.24) is 9.62 Å². The second kappa shape index (κ2) is 10.4. The van der Waals surface area contributed by atoms with E-state index >= 15 is 0 Å². The molecule has 1 aromatic rings. The highest BCUT2D eigenvalue weighted by molar-refractivity contribution is 7.89. The standard InChI is InChI=1S/C21H27ClN2O5S/c22-18-9-8-17(14-19(18)30(27,28)24-12-4-5-13-24)21(26)29-15-20(25)23-11-10-16-6-2-1-3-7-16/h6,8-9,14H,1-5,7,10-13,15H2,(H,23,25). The van der Waals surface area contributed by atoms with Crippen LogP contribution in [0.2, 0.25) is 5.02 Å². The zero-order valence-electron chi connectivity index (χ0n) is 16.9. The largest absolute Gasteiger partial charge is 0.452 e. The zero-order chi connectivity index (χ0) is 21.6. The Morgan fingerprint density at radius 1 is 1.13 bits per heavy atom. The topological polar surface area (TPSA) is 92.8 Å². The molecular weight excluding hydrogens is 428 g/mol. The van der Waals surface area contributed by atoms with Crippen LogP contribution in [0, 0.1) is 0 Å². The Labute approximate surface area is 182 Å². The number of allylic oxidation sites excluding steroid dienone is 1. The first-order valence-corrected chi connectivity index (χ1v) is 12.1. The normalized spacial score (nSPS) is 17.4. The number of benzene rings is 1. The third-order valence-corrected chi connectivity index (χ3v) is 7.72. The number of ether oxygens (including phenoxy) is 1. The molecule has 3 rings (SSSR count). The Bertz CT molecular complexity index is 923. The number of carbonyl (C=O) groups is 2. The summed E-state index contributed by atoms with van der Waals surface area (Å²) in [5.74, 6) is -1.16. The van der Waals surface area contributed by atoms with Gasteiger partial charge in [0.15, 0.2) is 6.61 Å². The van der Waals surface area contributed by atoms with Gasteiger partial charge in [-0.25, -0.2) is 13.2 Å². The molecule has 1 saturated heterocycles. The first kappa shape index (κ1) is 22.8. The molecule has 30 heavy (non-hydrogen) atoms. The smallest absolute Gasteiger partial charge is 0.338 e. The summed E-state index contributed by atoms with van der Waals surface area (Å²) in [4.78, 5) is 24.1. The number of hydrogen-bond acceptors (Lipinski definition) is 5. The van der Waals surface area contributed by atoms with Crippen LogP contribution in [-0.4, -0.2) is 50.8 Å². The van der Waals surface area contributed by atoms with Crippen molar-refractivity contribution in [3.05, 3.63) is 40.4 Å². The third-order valence-electron chi connectivity index (χ3n) is 5.34. The minimum Gasteiger partial charge on any atom is -0.452 e. The van der Waals surface area contributed by atoms with Crippen molar-refractivity contribution >= 4 is 33.5 Å². The molecule has 1 N–H and O–H groups in total. The van der Waals surface area contributed by atoms with E-state index < -0.39 is 28.5 Å². The molecule has 1 amide bonds. The number of halogens is 1. The van der Waals surface area contributed by atoms with E-state index in [1.54, 1.807) is 0 Å². The van der Waals surface area contributed by atoms with E-state index in [1.807, 2.05) is 0 Å². The summed E-state index contributed by atoms with van der Waals surface area (Å²) < 4.78 is 31.9. The summed E-state index contributed by atoms with van der Waals surface area (Å²) in [6.45, 7) is 0.949. The van der Waals surface area contributed by atoms with Gasteiger partial charge in [-0.2, -0.15) is 4.31 Å². The fourth-order valence-electron chi connectivity index (χ4n) is 3.66. The van der Waals surface area contributed by atoms with Gasteiger partial charge in [0.2, 0.25) is 10.0 Å². The number of hydrogen-bond donors (Lipinski definition) is 1. The van der Waals surface area contributed by atoms with E-state index in [0.29, 0.717) is 19.6 Å². The van der Waals surface area contributed by atoms with E-state index in [1.165, 1.54) is 40.9 Å². The van der Waals surface area contributed by atoms with Crippen molar-refractivity contribution in [1.29, 1.82) is 0 Å². The van der Waals surface area contributed by atoms with E-state index in [4.69, 9.17) is 16.3 Å². The highest BCUT2D eigenvalue weighted by Crippen LogP contribution is 2.28. The molecule has 1 heterocycles. The van der Waals surface area contributed by atoms with Crippen LogP contribution in [0.25, 0.3) is 0 Å². The molecule has 2 aliphatic rings. The number of nitrogens with one attached hydrogen (secondary N) is 1. The Kier molecular flexibility index (Phi) is 7.91. The molecule has 0 unspecified atom stereocenters. The number of rotatable bonds is 8. The van der Waals surface area contributed by atoms with Gasteiger partial charge < -0.3 is 10.1 Å². The van der Waals surface area contributed by atoms with Gasteiger partial charge in [0.1, 0.15) is 4.90 Å². The Morgan fingerprint density at radius 3 is 2.60 bits per heavy atom. The number of amides is 1. The van der Waals surface area contributed by atoms with Crippen molar-refractivity contribution in [3.8, 4) is 0 Å². The van der Waals surface area contributed by atoms with Crippen LogP contribution >= 0.6 is 11.6 Å². The fourth-order valence-corrected chi connectivity index (χ4v) is 5.67. The molecule has 0 bridgehead atoms. The highest BCUT2D eigenvalue weighted by Gasteiger charge is 2.30. The molecule has 1 aliphatic heterocycles. The van der Waals surface area contributed by atoms with Crippen LogP contribution in [0.1, 0.15) is 55.3 Å². The SMILES string of the molecule is O=C(COC(=O)c1ccc(Cl)c(S(=O)(=O)N2CCCC2)c1)NCCC1=CCCCC1. The average molecular weight is 455 g/mol. The predicted molar refractivity (Wildman–Crippen MR) is 114 cm³/mol. The molecule has 0 radical (unpaired) electrons. The van der Waals surface area contributed by atoms with Crippen LogP contribution in [0.3, 0.4) is 0 Å². The molecule has 1 aromatic carbocycles. The summed E-state index contributed by atoms with van der Waals surface area (Å²) in [5.41, 5.74) is 1.39. The zero-order valence-corrected chi connectivity index (χ0v) is 18.4. The van der Waals surface area contributed by atoms with Crippen LogP contribution in [0.15, 0.2) is 34.7 Å². The van der Waals surface area contributed by atoms with E-state index in [2.05, 4.69) is 11.4 Å². The summed E-state index contributed by atoms with van der Waals surface area (Å²) in [7, 11) is -3.77. The first-order chi connectivity index (χ1) is 14.4. The van der Waals surface area contributed by atoms with Crippen LogP contribution in [-0.2, 0) is 19.6 Å². The first-order valence-electron chi connectivity index (χ1n) is 10.3. The maximum Gasteiger partial charge on any atom is 0.338 e. The van der Waals surface area contributed by atoms with E-state index in [0.717, 1.165) is 32.1 Å². The summed E-state index contributed by atoms with van der Waals surface area (Å²) in [5, 5.41) is 2.79. The summed E-state index contributed by atoms with van der Waals surface area (Å²) in [6, 6.07) is 3.96. The van der Waals surface area contributed by atoms with Gasteiger partial charge in [0, 0.05) is 19.6 Å². The molecule has 9 heteroatoms. The van der Waals surface area contributed by atoms with Gasteiger partial charge in [-0.15, -0.1) is 0 Å². The van der Waals surface area contributed by atoms with Gasteiger partial charge in [-0.1, -0.05) is 23.3 Å². The van der Waals surface area contributed by atoms with Gasteiger partial charge in [0.05, 0.1) is 10.6 Å². The average Bonchev–Trinajstić information content (AvgIpc) is 3.29. The van der Waals surface area contributed by atoms with Gasteiger partial charge in [0.25, 0.3) is 5.91 Å². The molecular formula is C21H27ClN2O5S. The van der Waals surface area contributed by atoms with Crippen molar-refractivity contribution in [2.75, 3.05) is 26.2 Å². The second-order valence-electron chi connectivity index (χ2n) is 7.54. The Morgan fingerprint density at radius 2 is 1.90 bits per heavy atom. The lowest BCUT2D eigenvalue weighted by molar-refractivity contribution is -0.124. The van der Waals surface area contributed by atoms with Crippen molar-refractivity contribution in [2.45, 2.75) is 49.8 Å². The van der Waals surface area contributed by atoms with Crippen molar-refractivity contribution < 1.29 is 22.7 Å². The summed E-state index contributed by atoms with van der Waals surface area (Å²) in [6.07, 6.45) is 9.20. The highest BCUT2D eigenvalue weighted by atomic mass is 35.5. The van der Waals surface area contributed by atoms with Crippen LogP contribution in [0.5, 0.6) is 0 Å². The summed E-state index contributed by atoms with van der Waals surface area (Å²) >= 11 is 6.09. The number of esters is 1. The van der Waals surface area contributed by atoms with E-state index in [-0.39, 0.29) is 15.5 Å². The lowest BCUT2D eigenvalue weighted by atomic mass is 9.97. The van der Waals surface area contributed by atoms with Crippen molar-refractivity contribution in [3.63, 3.8) is 0 Å². The quantitative estimate of drug-likeness (QED) is 0.480. The Hall–Kier alpha value is -1.90. The fraction of sp³-hybridized carbons (Fsp3) is 0.524.